The maximum atomic E-state index is 14.4. The Morgan fingerprint density at radius 1 is 1.22 bits per heavy atom. The van der Waals surface area contributed by atoms with Gasteiger partial charge in [-0.15, -0.1) is 0 Å². The van der Waals surface area contributed by atoms with Gasteiger partial charge in [-0.05, 0) is 29.8 Å². The van der Waals surface area contributed by atoms with Gasteiger partial charge in [0.25, 0.3) is 0 Å². The van der Waals surface area contributed by atoms with Crippen LogP contribution in [0.2, 0.25) is 0 Å². The van der Waals surface area contributed by atoms with Crippen LogP contribution in [0, 0.1) is 11.2 Å². The molecular weight excluding hydrogens is 312 g/mol. The summed E-state index contributed by atoms with van der Waals surface area (Å²) in [5.41, 5.74) is 5.03. The average molecular weight is 324 g/mol. The third kappa shape index (κ3) is 2.74. The highest BCUT2D eigenvalue weighted by atomic mass is 19.4. The van der Waals surface area contributed by atoms with Crippen molar-refractivity contribution in [2.75, 3.05) is 0 Å². The number of rotatable bonds is 2. The Morgan fingerprint density at radius 3 is 2.61 bits per heavy atom. The van der Waals surface area contributed by atoms with Crippen LogP contribution in [0.25, 0.3) is 0 Å². The molecule has 0 spiro atoms. The van der Waals surface area contributed by atoms with Crippen molar-refractivity contribution in [1.29, 1.82) is 5.41 Å². The van der Waals surface area contributed by atoms with Crippen LogP contribution in [0.4, 0.5) is 17.6 Å². The average Bonchev–Trinajstić information content (AvgIpc) is 2.88. The minimum atomic E-state index is -4.44. The predicted octanol–water partition coefficient (Wildman–Crippen LogP) is 3.80. The second kappa shape index (κ2) is 5.26. The number of nitrogens with one attached hydrogen (secondary N) is 1. The van der Waals surface area contributed by atoms with Gasteiger partial charge >= 0.3 is 6.18 Å². The monoisotopic (exact) mass is 324 g/mol. The van der Waals surface area contributed by atoms with E-state index in [1.807, 2.05) is 0 Å². The fourth-order valence-electron chi connectivity index (χ4n) is 2.60. The molecule has 0 aromatic heterocycles. The molecule has 3 N–H and O–H groups in total. The molecule has 1 atom stereocenters. The number of halogens is 4. The lowest BCUT2D eigenvalue weighted by Crippen LogP contribution is -2.16. The Bertz CT molecular complexity index is 786. The molecule has 0 fully saturated rings. The van der Waals surface area contributed by atoms with Crippen molar-refractivity contribution in [2.45, 2.75) is 18.7 Å². The third-order valence-electron chi connectivity index (χ3n) is 3.73. The number of hydrogen-bond donors (Lipinski definition) is 2. The van der Waals surface area contributed by atoms with E-state index in [-0.39, 0.29) is 17.5 Å². The molecule has 2 aromatic carbocycles. The van der Waals surface area contributed by atoms with Gasteiger partial charge in [0.2, 0.25) is 0 Å². The molecule has 0 saturated heterocycles. The highest BCUT2D eigenvalue weighted by Crippen LogP contribution is 2.41. The predicted molar refractivity (Wildman–Crippen MR) is 75.9 cm³/mol. The highest BCUT2D eigenvalue weighted by molar-refractivity contribution is 5.95. The van der Waals surface area contributed by atoms with Crippen molar-refractivity contribution < 1.29 is 22.3 Å². The zero-order valence-corrected chi connectivity index (χ0v) is 11.7. The summed E-state index contributed by atoms with van der Waals surface area (Å²) in [7, 11) is 0. The van der Waals surface area contributed by atoms with E-state index in [9.17, 15) is 17.6 Å². The molecule has 7 heteroatoms. The summed E-state index contributed by atoms with van der Waals surface area (Å²) in [5, 5.41) is 7.34. The summed E-state index contributed by atoms with van der Waals surface area (Å²) < 4.78 is 58.2. The number of amidine groups is 1. The minimum Gasteiger partial charge on any atom is -0.485 e. The van der Waals surface area contributed by atoms with Crippen LogP contribution in [-0.2, 0) is 12.6 Å². The van der Waals surface area contributed by atoms with Crippen LogP contribution in [0.5, 0.6) is 5.75 Å². The first-order valence-electron chi connectivity index (χ1n) is 6.77. The van der Waals surface area contributed by atoms with Gasteiger partial charge in [-0.1, -0.05) is 12.1 Å². The molecule has 0 saturated carbocycles. The van der Waals surface area contributed by atoms with Gasteiger partial charge in [-0.3, -0.25) is 5.41 Å². The normalized spacial score (nSPS) is 16.8. The number of nitrogen functional groups attached to an aromatic ring is 1. The van der Waals surface area contributed by atoms with Gasteiger partial charge < -0.3 is 10.5 Å². The third-order valence-corrected chi connectivity index (χ3v) is 3.73. The lowest BCUT2D eigenvalue weighted by Gasteiger charge is -2.13. The molecular formula is C16H12F4N2O. The molecule has 3 nitrogen and oxygen atoms in total. The fraction of sp³-hybridized carbons (Fsp3) is 0.188. The van der Waals surface area contributed by atoms with Gasteiger partial charge in [0.1, 0.15) is 23.5 Å². The standard InChI is InChI=1S/C16H12F4N2O/c17-14-10(2-1-3-11(14)15(21)22)13-7-8-6-9(16(18,19)20)4-5-12(8)23-13/h1-6,13H,7H2,(H3,21,22). The Morgan fingerprint density at radius 2 is 1.96 bits per heavy atom. The maximum Gasteiger partial charge on any atom is 0.416 e. The van der Waals surface area contributed by atoms with Crippen molar-refractivity contribution in [1.82, 2.24) is 0 Å². The lowest BCUT2D eigenvalue weighted by molar-refractivity contribution is -0.137. The van der Waals surface area contributed by atoms with Crippen LogP contribution in [-0.4, -0.2) is 5.84 Å². The number of benzene rings is 2. The molecule has 1 aliphatic rings. The molecule has 1 unspecified atom stereocenters. The zero-order valence-electron chi connectivity index (χ0n) is 11.7. The number of alkyl halides is 3. The molecule has 0 radical (unpaired) electrons. The van der Waals surface area contributed by atoms with Crippen LogP contribution < -0.4 is 10.5 Å². The largest absolute Gasteiger partial charge is 0.485 e. The van der Waals surface area contributed by atoms with Crippen molar-refractivity contribution in [3.63, 3.8) is 0 Å². The fourth-order valence-corrected chi connectivity index (χ4v) is 2.60. The minimum absolute atomic E-state index is 0.0574. The second-order valence-corrected chi connectivity index (χ2v) is 5.25. The molecule has 1 aliphatic heterocycles. The van der Waals surface area contributed by atoms with Crippen LogP contribution in [0.15, 0.2) is 36.4 Å². The molecule has 120 valence electrons. The van der Waals surface area contributed by atoms with E-state index in [0.29, 0.717) is 11.3 Å². The topological polar surface area (TPSA) is 59.1 Å². The summed E-state index contributed by atoms with van der Waals surface area (Å²) in [6.07, 6.45) is -5.06. The molecule has 0 bridgehead atoms. The van der Waals surface area contributed by atoms with Crippen molar-refractivity contribution in [3.05, 3.63) is 64.5 Å². The second-order valence-electron chi connectivity index (χ2n) is 5.25. The van der Waals surface area contributed by atoms with Gasteiger partial charge in [-0.25, -0.2) is 4.39 Å². The lowest BCUT2D eigenvalue weighted by atomic mass is 9.99. The van der Waals surface area contributed by atoms with Gasteiger partial charge in [0.15, 0.2) is 0 Å². The Labute approximate surface area is 129 Å². The number of hydrogen-bond acceptors (Lipinski definition) is 2. The van der Waals surface area contributed by atoms with Crippen molar-refractivity contribution in [2.24, 2.45) is 5.73 Å². The first kappa shape index (κ1) is 15.3. The number of nitrogens with two attached hydrogens (primary N) is 1. The summed E-state index contributed by atoms with van der Waals surface area (Å²) in [6, 6.07) is 7.56. The first-order chi connectivity index (χ1) is 10.8. The maximum absolute atomic E-state index is 14.4. The van der Waals surface area contributed by atoms with Crippen LogP contribution in [0.3, 0.4) is 0 Å². The van der Waals surface area contributed by atoms with Gasteiger partial charge in [0, 0.05) is 12.0 Å². The van der Waals surface area contributed by atoms with E-state index in [0.717, 1.165) is 12.1 Å². The van der Waals surface area contributed by atoms with E-state index in [1.165, 1.54) is 24.3 Å². The van der Waals surface area contributed by atoms with Gasteiger partial charge in [-0.2, -0.15) is 13.2 Å². The summed E-state index contributed by atoms with van der Waals surface area (Å²) >= 11 is 0. The Hall–Kier alpha value is -2.57. The first-order valence-corrected chi connectivity index (χ1v) is 6.77. The summed E-state index contributed by atoms with van der Waals surface area (Å²) in [5.74, 6) is -0.802. The quantitative estimate of drug-likeness (QED) is 0.501. The van der Waals surface area contributed by atoms with E-state index >= 15 is 0 Å². The molecule has 2 aromatic rings. The van der Waals surface area contributed by atoms with Gasteiger partial charge in [0.05, 0.1) is 11.1 Å². The molecule has 1 heterocycles. The SMILES string of the molecule is N=C(N)c1cccc(C2Cc3cc(C(F)(F)F)ccc3O2)c1F. The Balaban J connectivity index is 1.94. The van der Waals surface area contributed by atoms with Crippen LogP contribution in [0.1, 0.15) is 28.4 Å². The van der Waals surface area contributed by atoms with Crippen molar-refractivity contribution >= 4 is 5.84 Å². The van der Waals surface area contributed by atoms with E-state index in [2.05, 4.69) is 0 Å². The summed E-state index contributed by atoms with van der Waals surface area (Å²) in [4.78, 5) is 0. The molecule has 0 aliphatic carbocycles. The molecule has 3 rings (SSSR count). The number of fused-ring (bicyclic) bond motifs is 1. The smallest absolute Gasteiger partial charge is 0.416 e. The van der Waals surface area contributed by atoms with E-state index in [1.54, 1.807) is 0 Å². The van der Waals surface area contributed by atoms with Crippen molar-refractivity contribution in [3.8, 4) is 5.75 Å². The van der Waals surface area contributed by atoms with E-state index < -0.39 is 29.5 Å². The molecule has 0 amide bonds. The highest BCUT2D eigenvalue weighted by Gasteiger charge is 2.34. The molecule has 23 heavy (non-hydrogen) atoms. The zero-order chi connectivity index (χ0) is 16.8. The Kier molecular flexibility index (Phi) is 3.50. The van der Waals surface area contributed by atoms with Crippen LogP contribution >= 0.6 is 0 Å². The number of ether oxygens (including phenoxy) is 1. The summed E-state index contributed by atoms with van der Waals surface area (Å²) in [6.45, 7) is 0. The van der Waals surface area contributed by atoms with E-state index in [4.69, 9.17) is 15.9 Å².